The molecule has 0 radical (unpaired) electrons. The summed E-state index contributed by atoms with van der Waals surface area (Å²) in [6.45, 7) is 0.782. The Labute approximate surface area is 131 Å². The van der Waals surface area contributed by atoms with E-state index < -0.39 is 23.9 Å². The van der Waals surface area contributed by atoms with Gasteiger partial charge in [0.25, 0.3) is 5.91 Å². The van der Waals surface area contributed by atoms with Crippen LogP contribution in [-0.2, 0) is 9.59 Å². The summed E-state index contributed by atoms with van der Waals surface area (Å²) in [6.07, 6.45) is -0.478. The van der Waals surface area contributed by atoms with Crippen LogP contribution >= 0.6 is 23.2 Å². The maximum Gasteiger partial charge on any atom is 0.306 e. The Balaban J connectivity index is 2.44. The van der Waals surface area contributed by atoms with Crippen LogP contribution in [0.2, 0.25) is 10.0 Å². The number of carbonyl (C=O) groups excluding carboxylic acids is 1. The number of carboxylic acids is 1. The van der Waals surface area contributed by atoms with Gasteiger partial charge in [-0.15, -0.1) is 0 Å². The van der Waals surface area contributed by atoms with Crippen LogP contribution in [0.1, 0.15) is 13.3 Å². The third-order valence-corrected chi connectivity index (χ3v) is 3.00. The van der Waals surface area contributed by atoms with Crippen molar-refractivity contribution < 1.29 is 24.5 Å². The van der Waals surface area contributed by atoms with E-state index in [4.69, 9.17) is 33.0 Å². The largest absolute Gasteiger partial charge is 0.482 e. The van der Waals surface area contributed by atoms with Gasteiger partial charge in [0, 0.05) is 17.6 Å². The normalized spacial score (nSPS) is 13.3. The number of hydrogen-bond acceptors (Lipinski definition) is 4. The minimum absolute atomic E-state index is 0.204. The maximum atomic E-state index is 11.6. The van der Waals surface area contributed by atoms with E-state index in [-0.39, 0.29) is 18.9 Å². The molecule has 1 aromatic rings. The highest BCUT2D eigenvalue weighted by atomic mass is 35.5. The molecule has 1 unspecified atom stereocenters. The van der Waals surface area contributed by atoms with Gasteiger partial charge in [0.1, 0.15) is 5.75 Å². The number of amides is 1. The van der Waals surface area contributed by atoms with E-state index in [1.165, 1.54) is 19.1 Å². The average molecular weight is 336 g/mol. The summed E-state index contributed by atoms with van der Waals surface area (Å²) in [4.78, 5) is 22.1. The molecule has 1 aromatic carbocycles. The number of rotatable bonds is 7. The molecule has 116 valence electrons. The summed E-state index contributed by atoms with van der Waals surface area (Å²) in [5.74, 6) is -1.41. The molecule has 0 saturated heterocycles. The van der Waals surface area contributed by atoms with Crippen molar-refractivity contribution in [2.45, 2.75) is 18.9 Å². The molecule has 0 spiro atoms. The first-order valence-corrected chi connectivity index (χ1v) is 6.74. The number of carboxylic acid groups (broad SMARTS) is 1. The second-order valence-electron chi connectivity index (χ2n) is 4.71. The van der Waals surface area contributed by atoms with Crippen LogP contribution in [0.3, 0.4) is 0 Å². The topological polar surface area (TPSA) is 95.9 Å². The molecule has 0 saturated carbocycles. The van der Waals surface area contributed by atoms with Gasteiger partial charge in [-0.2, -0.15) is 0 Å². The number of carbonyl (C=O) groups is 2. The lowest BCUT2D eigenvalue weighted by molar-refractivity contribution is -0.142. The third kappa shape index (κ3) is 6.66. The molecule has 1 amide bonds. The van der Waals surface area contributed by atoms with Gasteiger partial charge in [-0.05, 0) is 19.1 Å². The Morgan fingerprint density at radius 3 is 2.67 bits per heavy atom. The highest BCUT2D eigenvalue weighted by Crippen LogP contribution is 2.27. The quantitative estimate of drug-likeness (QED) is 0.705. The van der Waals surface area contributed by atoms with Crippen molar-refractivity contribution in [2.24, 2.45) is 0 Å². The highest BCUT2D eigenvalue weighted by molar-refractivity contribution is 6.34. The molecule has 3 N–H and O–H groups in total. The highest BCUT2D eigenvalue weighted by Gasteiger charge is 2.24. The molecule has 6 nitrogen and oxygen atoms in total. The molecular weight excluding hydrogens is 321 g/mol. The summed E-state index contributed by atoms with van der Waals surface area (Å²) in [5, 5.41) is 21.4. The Kier molecular flexibility index (Phi) is 6.26. The van der Waals surface area contributed by atoms with Gasteiger partial charge < -0.3 is 20.3 Å². The molecule has 0 heterocycles. The molecule has 0 fully saturated rings. The molecule has 1 rings (SSSR count). The summed E-state index contributed by atoms with van der Waals surface area (Å²) in [7, 11) is 0. The SMILES string of the molecule is CC(O)(CNC(=O)COc1cc(Cl)ccc1Cl)CC(=O)O. The molecular formula is C13H15Cl2NO5. The van der Waals surface area contributed by atoms with Gasteiger partial charge in [0.15, 0.2) is 6.61 Å². The number of aliphatic hydroxyl groups is 1. The second-order valence-corrected chi connectivity index (χ2v) is 5.55. The molecule has 0 aromatic heterocycles. The van der Waals surface area contributed by atoms with Crippen LogP contribution in [-0.4, -0.2) is 40.8 Å². The lowest BCUT2D eigenvalue weighted by Crippen LogP contribution is -2.43. The van der Waals surface area contributed by atoms with Crippen LogP contribution in [0, 0.1) is 0 Å². The minimum atomic E-state index is -1.53. The molecule has 21 heavy (non-hydrogen) atoms. The predicted octanol–water partition coefficient (Wildman–Crippen LogP) is 1.71. The lowest BCUT2D eigenvalue weighted by atomic mass is 10.0. The van der Waals surface area contributed by atoms with E-state index in [9.17, 15) is 14.7 Å². The summed E-state index contributed by atoms with van der Waals surface area (Å²) >= 11 is 11.6. The summed E-state index contributed by atoms with van der Waals surface area (Å²) < 4.78 is 5.20. The Bertz CT molecular complexity index is 533. The van der Waals surface area contributed by atoms with Crippen molar-refractivity contribution in [1.82, 2.24) is 5.32 Å². The lowest BCUT2D eigenvalue weighted by Gasteiger charge is -2.21. The van der Waals surface area contributed by atoms with E-state index >= 15 is 0 Å². The van der Waals surface area contributed by atoms with E-state index in [1.54, 1.807) is 6.07 Å². The molecule has 0 aliphatic carbocycles. The fourth-order valence-corrected chi connectivity index (χ4v) is 1.79. The average Bonchev–Trinajstić information content (AvgIpc) is 2.36. The first-order valence-electron chi connectivity index (χ1n) is 5.98. The number of aliphatic carboxylic acids is 1. The van der Waals surface area contributed by atoms with Crippen molar-refractivity contribution in [3.05, 3.63) is 28.2 Å². The van der Waals surface area contributed by atoms with Crippen LogP contribution in [0.15, 0.2) is 18.2 Å². The zero-order chi connectivity index (χ0) is 16.0. The van der Waals surface area contributed by atoms with Crippen molar-refractivity contribution in [1.29, 1.82) is 0 Å². The molecule has 1 atom stereocenters. The molecule has 8 heteroatoms. The number of ether oxygens (including phenoxy) is 1. The van der Waals surface area contributed by atoms with Crippen LogP contribution in [0.5, 0.6) is 5.75 Å². The minimum Gasteiger partial charge on any atom is -0.482 e. The van der Waals surface area contributed by atoms with Crippen LogP contribution < -0.4 is 10.1 Å². The standard InChI is InChI=1S/C13H15Cl2NO5/c1-13(20,5-12(18)19)7-16-11(17)6-21-10-4-8(14)2-3-9(10)15/h2-4,20H,5-7H2,1H3,(H,16,17)(H,18,19). The molecule has 0 aliphatic heterocycles. The van der Waals surface area contributed by atoms with Gasteiger partial charge in [0.2, 0.25) is 0 Å². The van der Waals surface area contributed by atoms with E-state index in [2.05, 4.69) is 5.32 Å². The Hall–Kier alpha value is -1.50. The Morgan fingerprint density at radius 2 is 2.05 bits per heavy atom. The van der Waals surface area contributed by atoms with E-state index in [1.807, 2.05) is 0 Å². The van der Waals surface area contributed by atoms with Gasteiger partial charge in [-0.25, -0.2) is 0 Å². The fourth-order valence-electron chi connectivity index (χ4n) is 1.46. The van der Waals surface area contributed by atoms with Crippen molar-refractivity contribution in [2.75, 3.05) is 13.2 Å². The van der Waals surface area contributed by atoms with Gasteiger partial charge in [-0.3, -0.25) is 9.59 Å². The van der Waals surface area contributed by atoms with Crippen LogP contribution in [0.4, 0.5) is 0 Å². The number of halogens is 2. The van der Waals surface area contributed by atoms with E-state index in [0.29, 0.717) is 10.0 Å². The van der Waals surface area contributed by atoms with E-state index in [0.717, 1.165) is 0 Å². The van der Waals surface area contributed by atoms with Crippen molar-refractivity contribution in [3.8, 4) is 5.75 Å². The summed E-state index contributed by atoms with van der Waals surface area (Å²) in [6, 6.07) is 4.59. The Morgan fingerprint density at radius 1 is 1.38 bits per heavy atom. The van der Waals surface area contributed by atoms with Crippen molar-refractivity contribution >= 4 is 35.1 Å². The second kappa shape index (κ2) is 7.49. The fraction of sp³-hybridized carbons (Fsp3) is 0.385. The maximum absolute atomic E-state index is 11.6. The monoisotopic (exact) mass is 335 g/mol. The number of nitrogens with one attached hydrogen (secondary N) is 1. The zero-order valence-electron chi connectivity index (χ0n) is 11.2. The summed E-state index contributed by atoms with van der Waals surface area (Å²) in [5.41, 5.74) is -1.53. The smallest absolute Gasteiger partial charge is 0.306 e. The van der Waals surface area contributed by atoms with Gasteiger partial charge in [-0.1, -0.05) is 23.2 Å². The first-order chi connectivity index (χ1) is 9.69. The predicted molar refractivity (Wildman–Crippen MR) is 77.8 cm³/mol. The molecule has 0 aliphatic rings. The number of benzene rings is 1. The molecule has 0 bridgehead atoms. The van der Waals surface area contributed by atoms with Gasteiger partial charge in [0.05, 0.1) is 17.0 Å². The van der Waals surface area contributed by atoms with Gasteiger partial charge >= 0.3 is 5.97 Å². The third-order valence-electron chi connectivity index (χ3n) is 2.45. The zero-order valence-corrected chi connectivity index (χ0v) is 12.7. The first kappa shape index (κ1) is 17.6. The number of hydrogen-bond donors (Lipinski definition) is 3. The van der Waals surface area contributed by atoms with Crippen LogP contribution in [0.25, 0.3) is 0 Å². The van der Waals surface area contributed by atoms with Crippen molar-refractivity contribution in [3.63, 3.8) is 0 Å².